The Labute approximate surface area is 74.6 Å². The topological polar surface area (TPSA) is 37.3 Å². The van der Waals surface area contributed by atoms with E-state index >= 15 is 0 Å². The van der Waals surface area contributed by atoms with Crippen molar-refractivity contribution in [2.45, 2.75) is 25.9 Å². The van der Waals surface area contributed by atoms with E-state index in [1.807, 2.05) is 28.1 Å². The number of aliphatic hydroxyl groups is 1. The molecule has 0 aromatic heterocycles. The van der Waals surface area contributed by atoms with Crippen LogP contribution in [0, 0.1) is 0 Å². The van der Waals surface area contributed by atoms with E-state index in [1.54, 1.807) is 0 Å². The van der Waals surface area contributed by atoms with Gasteiger partial charge in [-0.05, 0) is 0 Å². The van der Waals surface area contributed by atoms with Crippen LogP contribution in [0.2, 0.25) is 0 Å². The summed E-state index contributed by atoms with van der Waals surface area (Å²) in [5, 5.41) is 9.45. The average molecular weight is 174 g/mol. The van der Waals surface area contributed by atoms with E-state index in [0.717, 1.165) is 0 Å². The van der Waals surface area contributed by atoms with Crippen molar-refractivity contribution in [2.75, 3.05) is 27.7 Å². The zero-order chi connectivity index (χ0) is 9.78. The third-order valence-corrected chi connectivity index (χ3v) is 1.62. The molecule has 0 fully saturated rings. The van der Waals surface area contributed by atoms with Gasteiger partial charge in [-0.3, -0.25) is 4.79 Å². The van der Waals surface area contributed by atoms with Crippen molar-refractivity contribution >= 4 is 5.78 Å². The first-order valence-electron chi connectivity index (χ1n) is 4.35. The Kier molecular flexibility index (Phi) is 4.42. The smallest absolute Gasteiger partial charge is 0.135 e. The molecule has 0 rings (SSSR count). The highest BCUT2D eigenvalue weighted by Crippen LogP contribution is 2.01. The van der Waals surface area contributed by atoms with Gasteiger partial charge in [0.15, 0.2) is 0 Å². The molecule has 72 valence electrons. The first kappa shape index (κ1) is 11.6. The summed E-state index contributed by atoms with van der Waals surface area (Å²) in [5.74, 6) is 0.135. The minimum atomic E-state index is -0.488. The number of aliphatic hydroxyl groups excluding tert-OH is 1. The van der Waals surface area contributed by atoms with Crippen molar-refractivity contribution in [2.24, 2.45) is 0 Å². The Bertz CT molecular complexity index is 149. The number of Topliss-reactive ketones (excluding diaryl/α,β-unsaturated/α-hetero) is 1. The third-order valence-electron chi connectivity index (χ3n) is 1.62. The number of hydrogen-bond donors (Lipinski definition) is 1. The Morgan fingerprint density at radius 3 is 2.25 bits per heavy atom. The summed E-state index contributed by atoms with van der Waals surface area (Å²) in [6.07, 6.45) is 0.331. The molecule has 0 saturated heterocycles. The van der Waals surface area contributed by atoms with Gasteiger partial charge >= 0.3 is 0 Å². The Hall–Kier alpha value is -0.410. The van der Waals surface area contributed by atoms with Crippen LogP contribution in [-0.4, -0.2) is 49.2 Å². The summed E-state index contributed by atoms with van der Waals surface area (Å²) < 4.78 is 0.693. The highest BCUT2D eigenvalue weighted by Gasteiger charge is 2.17. The van der Waals surface area contributed by atoms with Crippen LogP contribution in [0.15, 0.2) is 0 Å². The molecule has 12 heavy (non-hydrogen) atoms. The van der Waals surface area contributed by atoms with Crippen molar-refractivity contribution in [1.29, 1.82) is 0 Å². The second-order valence-corrected chi connectivity index (χ2v) is 4.22. The van der Waals surface area contributed by atoms with Gasteiger partial charge in [-0.2, -0.15) is 0 Å². The van der Waals surface area contributed by atoms with E-state index in [4.69, 9.17) is 0 Å². The number of carbonyl (C=O) groups excluding carboxylic acids is 1. The fraction of sp³-hybridized carbons (Fsp3) is 0.889. The molecular formula is C9H20NO2+. The number of ketones is 1. The summed E-state index contributed by atoms with van der Waals surface area (Å²) in [5.41, 5.74) is 0. The van der Waals surface area contributed by atoms with Crippen LogP contribution >= 0.6 is 0 Å². The van der Waals surface area contributed by atoms with Gasteiger partial charge in [0, 0.05) is 12.8 Å². The van der Waals surface area contributed by atoms with Gasteiger partial charge in [-0.15, -0.1) is 0 Å². The lowest BCUT2D eigenvalue weighted by atomic mass is 10.1. The maximum atomic E-state index is 10.9. The normalized spacial score (nSPS) is 14.4. The van der Waals surface area contributed by atoms with Gasteiger partial charge in [0.2, 0.25) is 0 Å². The zero-order valence-corrected chi connectivity index (χ0v) is 8.50. The molecule has 0 aromatic carbocycles. The number of quaternary nitrogens is 1. The predicted octanol–water partition coefficient (Wildman–Crippen LogP) is 0.423. The summed E-state index contributed by atoms with van der Waals surface area (Å²) in [7, 11) is 6.00. The number of hydrogen-bond acceptors (Lipinski definition) is 2. The Morgan fingerprint density at radius 2 is 1.92 bits per heavy atom. The molecule has 0 heterocycles. The Balaban J connectivity index is 3.74. The number of rotatable bonds is 5. The maximum absolute atomic E-state index is 10.9. The van der Waals surface area contributed by atoms with E-state index in [2.05, 4.69) is 0 Å². The fourth-order valence-corrected chi connectivity index (χ4v) is 1.10. The largest absolute Gasteiger partial charge is 0.387 e. The monoisotopic (exact) mass is 174 g/mol. The van der Waals surface area contributed by atoms with Crippen LogP contribution in [-0.2, 0) is 4.79 Å². The molecule has 0 spiro atoms. The lowest BCUT2D eigenvalue weighted by Crippen LogP contribution is -2.42. The van der Waals surface area contributed by atoms with Gasteiger partial charge < -0.3 is 9.59 Å². The second-order valence-electron chi connectivity index (χ2n) is 4.22. The van der Waals surface area contributed by atoms with Crippen LogP contribution in [0.5, 0.6) is 0 Å². The highest BCUT2D eigenvalue weighted by atomic mass is 16.3. The van der Waals surface area contributed by atoms with E-state index < -0.39 is 6.10 Å². The van der Waals surface area contributed by atoms with E-state index in [0.29, 0.717) is 23.9 Å². The number of likely N-dealkylation sites (N-methyl/N-ethyl adjacent to an activating group) is 1. The molecular weight excluding hydrogens is 154 g/mol. The zero-order valence-electron chi connectivity index (χ0n) is 8.50. The Morgan fingerprint density at radius 1 is 1.42 bits per heavy atom. The number of carbonyl (C=O) groups is 1. The average Bonchev–Trinajstić information content (AvgIpc) is 1.82. The van der Waals surface area contributed by atoms with Crippen molar-refractivity contribution in [3.05, 3.63) is 0 Å². The van der Waals surface area contributed by atoms with Crippen molar-refractivity contribution in [3.8, 4) is 0 Å². The highest BCUT2D eigenvalue weighted by molar-refractivity contribution is 5.78. The van der Waals surface area contributed by atoms with Crippen LogP contribution in [0.3, 0.4) is 0 Å². The van der Waals surface area contributed by atoms with Crippen molar-refractivity contribution in [3.63, 3.8) is 0 Å². The molecule has 0 aliphatic carbocycles. The summed E-state index contributed by atoms with van der Waals surface area (Å²) in [6, 6.07) is 0. The molecule has 0 saturated carbocycles. The quantitative estimate of drug-likeness (QED) is 0.613. The van der Waals surface area contributed by atoms with Gasteiger partial charge in [0.1, 0.15) is 18.4 Å². The summed E-state index contributed by atoms with van der Waals surface area (Å²) in [4.78, 5) is 10.9. The van der Waals surface area contributed by atoms with Crippen LogP contribution in [0.25, 0.3) is 0 Å². The van der Waals surface area contributed by atoms with Crippen LogP contribution < -0.4 is 0 Å². The number of nitrogens with zero attached hydrogens (tertiary/aromatic N) is 1. The van der Waals surface area contributed by atoms with E-state index in [1.165, 1.54) is 0 Å². The predicted molar refractivity (Wildman–Crippen MR) is 48.8 cm³/mol. The first-order chi connectivity index (χ1) is 5.35. The fourth-order valence-electron chi connectivity index (χ4n) is 1.10. The van der Waals surface area contributed by atoms with Gasteiger partial charge in [0.05, 0.1) is 21.1 Å². The first-order valence-corrected chi connectivity index (χ1v) is 4.35. The van der Waals surface area contributed by atoms with Gasteiger partial charge in [0.25, 0.3) is 0 Å². The van der Waals surface area contributed by atoms with Crippen LogP contribution in [0.1, 0.15) is 19.8 Å². The molecule has 3 nitrogen and oxygen atoms in total. The molecule has 0 radical (unpaired) electrons. The third kappa shape index (κ3) is 6.31. The lowest BCUT2D eigenvalue weighted by Gasteiger charge is -2.26. The minimum Gasteiger partial charge on any atom is -0.387 e. The van der Waals surface area contributed by atoms with E-state index in [9.17, 15) is 9.90 Å². The standard InChI is InChI=1S/C9H20NO2/c1-5-8(11)6-9(12)7-10(2,3)4/h9,12H,5-7H2,1-4H3/q+1. The van der Waals surface area contributed by atoms with E-state index in [-0.39, 0.29) is 5.78 Å². The van der Waals surface area contributed by atoms with Gasteiger partial charge in [-0.25, -0.2) is 0 Å². The second kappa shape index (κ2) is 4.58. The lowest BCUT2D eigenvalue weighted by molar-refractivity contribution is -0.873. The molecule has 0 bridgehead atoms. The van der Waals surface area contributed by atoms with Gasteiger partial charge in [-0.1, -0.05) is 6.92 Å². The molecule has 0 amide bonds. The maximum Gasteiger partial charge on any atom is 0.135 e. The van der Waals surface area contributed by atoms with Crippen molar-refractivity contribution in [1.82, 2.24) is 0 Å². The molecule has 3 heteroatoms. The molecule has 1 unspecified atom stereocenters. The summed E-state index contributed by atoms with van der Waals surface area (Å²) in [6.45, 7) is 2.45. The molecule has 1 atom stereocenters. The van der Waals surface area contributed by atoms with Crippen LogP contribution in [0.4, 0.5) is 0 Å². The molecule has 1 N–H and O–H groups in total. The molecule has 0 aliphatic rings. The van der Waals surface area contributed by atoms with Crippen molar-refractivity contribution < 1.29 is 14.4 Å². The minimum absolute atomic E-state index is 0.135. The SMILES string of the molecule is CCC(=O)CC(O)C[N+](C)(C)C. The molecule has 0 aliphatic heterocycles. The molecule has 0 aromatic rings. The summed E-state index contributed by atoms with van der Waals surface area (Å²) >= 11 is 0.